The summed E-state index contributed by atoms with van der Waals surface area (Å²) in [5.74, 6) is -0.731. The number of nitrogens with zero attached hydrogens (tertiary/aromatic N) is 3. The van der Waals surface area contributed by atoms with Crippen LogP contribution in [0.3, 0.4) is 0 Å². The standard InChI is InChI=1S/C14H21F3N4O/c1-10-5-3-4-7-21(10)8-6-18-13(22)11-9-20(2)19-12(11)14(15,16)17/h9-10H,3-8H2,1-2H3,(H,18,22). The van der Waals surface area contributed by atoms with Gasteiger partial charge in [0.05, 0.1) is 5.56 Å². The summed E-state index contributed by atoms with van der Waals surface area (Å²) < 4.78 is 39.5. The molecule has 1 unspecified atom stereocenters. The quantitative estimate of drug-likeness (QED) is 0.924. The van der Waals surface area contributed by atoms with E-state index in [2.05, 4.69) is 22.2 Å². The molecule has 124 valence electrons. The number of carbonyl (C=O) groups excluding carboxylic acids is 1. The van der Waals surface area contributed by atoms with E-state index in [0.717, 1.165) is 30.3 Å². The average Bonchev–Trinajstić information content (AvgIpc) is 2.83. The maximum absolute atomic E-state index is 12.8. The predicted octanol–water partition coefficient (Wildman–Crippen LogP) is 2.04. The van der Waals surface area contributed by atoms with Gasteiger partial charge in [-0.15, -0.1) is 0 Å². The number of carbonyl (C=O) groups is 1. The van der Waals surface area contributed by atoms with Crippen molar-refractivity contribution in [1.29, 1.82) is 0 Å². The molecule has 1 aliphatic heterocycles. The highest BCUT2D eigenvalue weighted by molar-refractivity contribution is 5.95. The first-order valence-corrected chi connectivity index (χ1v) is 7.42. The number of alkyl halides is 3. The lowest BCUT2D eigenvalue weighted by Gasteiger charge is -2.33. The van der Waals surface area contributed by atoms with E-state index in [1.807, 2.05) is 0 Å². The topological polar surface area (TPSA) is 50.2 Å². The number of aromatic nitrogens is 2. The lowest BCUT2D eigenvalue weighted by Crippen LogP contribution is -2.42. The third-order valence-electron chi connectivity index (χ3n) is 3.97. The second-order valence-corrected chi connectivity index (χ2v) is 5.70. The maximum atomic E-state index is 12.8. The first kappa shape index (κ1) is 16.8. The smallest absolute Gasteiger partial charge is 0.351 e. The van der Waals surface area contributed by atoms with Crippen LogP contribution in [0.5, 0.6) is 0 Å². The molecule has 0 aliphatic carbocycles. The number of amides is 1. The van der Waals surface area contributed by atoms with Crippen molar-refractivity contribution in [1.82, 2.24) is 20.0 Å². The van der Waals surface area contributed by atoms with Gasteiger partial charge in [0.2, 0.25) is 0 Å². The molecule has 2 rings (SSSR count). The summed E-state index contributed by atoms with van der Waals surface area (Å²) >= 11 is 0. The summed E-state index contributed by atoms with van der Waals surface area (Å²) in [6, 6.07) is 0.454. The summed E-state index contributed by atoms with van der Waals surface area (Å²) in [5, 5.41) is 5.89. The molecule has 1 fully saturated rings. The molecule has 1 N–H and O–H groups in total. The fourth-order valence-electron chi connectivity index (χ4n) is 2.76. The molecule has 1 saturated heterocycles. The lowest BCUT2D eigenvalue weighted by molar-refractivity contribution is -0.141. The molecule has 1 atom stereocenters. The lowest BCUT2D eigenvalue weighted by atomic mass is 10.0. The second kappa shape index (κ2) is 6.68. The number of hydrogen-bond donors (Lipinski definition) is 1. The molecule has 2 heterocycles. The molecule has 8 heteroatoms. The summed E-state index contributed by atoms with van der Waals surface area (Å²) in [6.45, 7) is 4.07. The number of likely N-dealkylation sites (tertiary alicyclic amines) is 1. The molecule has 0 saturated carbocycles. The largest absolute Gasteiger partial charge is 0.435 e. The van der Waals surface area contributed by atoms with E-state index in [-0.39, 0.29) is 0 Å². The van der Waals surface area contributed by atoms with E-state index in [1.54, 1.807) is 0 Å². The Labute approximate surface area is 127 Å². The Morgan fingerprint density at radius 1 is 1.45 bits per heavy atom. The maximum Gasteiger partial charge on any atom is 0.435 e. The number of nitrogens with one attached hydrogen (secondary N) is 1. The number of aryl methyl sites for hydroxylation is 1. The highest BCUT2D eigenvalue weighted by Gasteiger charge is 2.38. The van der Waals surface area contributed by atoms with E-state index >= 15 is 0 Å². The van der Waals surface area contributed by atoms with Crippen molar-refractivity contribution < 1.29 is 18.0 Å². The molecule has 1 amide bonds. The van der Waals surface area contributed by atoms with Gasteiger partial charge in [-0.1, -0.05) is 6.42 Å². The summed E-state index contributed by atoms with van der Waals surface area (Å²) in [6.07, 6.45) is -0.0838. The van der Waals surface area contributed by atoms with E-state index in [9.17, 15) is 18.0 Å². The Morgan fingerprint density at radius 2 is 2.18 bits per heavy atom. The number of halogens is 3. The summed E-state index contributed by atoms with van der Waals surface area (Å²) in [7, 11) is 1.36. The molecule has 1 aromatic rings. The van der Waals surface area contributed by atoms with Gasteiger partial charge in [-0.3, -0.25) is 14.4 Å². The predicted molar refractivity (Wildman–Crippen MR) is 75.4 cm³/mol. The molecule has 1 aliphatic rings. The van der Waals surface area contributed by atoms with Gasteiger partial charge in [-0.2, -0.15) is 18.3 Å². The summed E-state index contributed by atoms with van der Waals surface area (Å²) in [5.41, 5.74) is -1.57. The van der Waals surface area contributed by atoms with Crippen LogP contribution in [0.2, 0.25) is 0 Å². The van der Waals surface area contributed by atoms with Crippen LogP contribution in [0.4, 0.5) is 13.2 Å². The van der Waals surface area contributed by atoms with Gasteiger partial charge in [-0.05, 0) is 26.3 Å². The third kappa shape index (κ3) is 4.00. The molecule has 22 heavy (non-hydrogen) atoms. The SMILES string of the molecule is CC1CCCCN1CCNC(=O)c1cn(C)nc1C(F)(F)F. The van der Waals surface area contributed by atoms with E-state index < -0.39 is 23.3 Å². The Morgan fingerprint density at radius 3 is 2.82 bits per heavy atom. The molecule has 5 nitrogen and oxygen atoms in total. The highest BCUT2D eigenvalue weighted by Crippen LogP contribution is 2.30. The van der Waals surface area contributed by atoms with Gasteiger partial charge < -0.3 is 5.32 Å². The van der Waals surface area contributed by atoms with Gasteiger partial charge in [0.25, 0.3) is 5.91 Å². The second-order valence-electron chi connectivity index (χ2n) is 5.70. The van der Waals surface area contributed by atoms with Crippen LogP contribution in [-0.2, 0) is 13.2 Å². The average molecular weight is 318 g/mol. The third-order valence-corrected chi connectivity index (χ3v) is 3.97. The van der Waals surface area contributed by atoms with Crippen molar-refractivity contribution in [3.63, 3.8) is 0 Å². The van der Waals surface area contributed by atoms with Crippen LogP contribution in [0.25, 0.3) is 0 Å². The first-order chi connectivity index (χ1) is 10.3. The van der Waals surface area contributed by atoms with Crippen molar-refractivity contribution in [2.24, 2.45) is 7.05 Å². The fraction of sp³-hybridized carbons (Fsp3) is 0.714. The Kier molecular flexibility index (Phi) is 5.10. The van der Waals surface area contributed by atoms with Crippen LogP contribution in [0, 0.1) is 0 Å². The number of rotatable bonds is 4. The minimum atomic E-state index is -4.63. The Bertz CT molecular complexity index is 527. The Hall–Kier alpha value is -1.57. The van der Waals surface area contributed by atoms with Crippen LogP contribution < -0.4 is 5.32 Å². The van der Waals surface area contributed by atoms with Crippen LogP contribution in [0.15, 0.2) is 6.20 Å². The van der Waals surface area contributed by atoms with Gasteiger partial charge in [0.1, 0.15) is 0 Å². The van der Waals surface area contributed by atoms with Crippen molar-refractivity contribution in [2.45, 2.75) is 38.4 Å². The minimum absolute atomic E-state index is 0.329. The van der Waals surface area contributed by atoms with Crippen LogP contribution >= 0.6 is 0 Å². The molecule has 0 radical (unpaired) electrons. The van der Waals surface area contributed by atoms with Gasteiger partial charge in [0.15, 0.2) is 5.69 Å². The normalized spacial score (nSPS) is 20.1. The molecule has 1 aromatic heterocycles. The zero-order chi connectivity index (χ0) is 16.3. The minimum Gasteiger partial charge on any atom is -0.351 e. The molecule has 0 bridgehead atoms. The summed E-state index contributed by atoms with van der Waals surface area (Å²) in [4.78, 5) is 14.2. The number of piperidine rings is 1. The molecular formula is C14H21F3N4O. The highest BCUT2D eigenvalue weighted by atomic mass is 19.4. The first-order valence-electron chi connectivity index (χ1n) is 7.42. The number of hydrogen-bond acceptors (Lipinski definition) is 3. The Balaban J connectivity index is 1.93. The van der Waals surface area contributed by atoms with Crippen LogP contribution in [-0.4, -0.2) is 46.3 Å². The van der Waals surface area contributed by atoms with Crippen molar-refractivity contribution in [2.75, 3.05) is 19.6 Å². The van der Waals surface area contributed by atoms with E-state index in [0.29, 0.717) is 19.1 Å². The monoisotopic (exact) mass is 318 g/mol. The van der Waals surface area contributed by atoms with Crippen molar-refractivity contribution in [3.8, 4) is 0 Å². The van der Waals surface area contributed by atoms with E-state index in [4.69, 9.17) is 0 Å². The van der Waals surface area contributed by atoms with Crippen molar-refractivity contribution >= 4 is 5.91 Å². The molecular weight excluding hydrogens is 297 g/mol. The van der Waals surface area contributed by atoms with Crippen molar-refractivity contribution in [3.05, 3.63) is 17.5 Å². The van der Waals surface area contributed by atoms with Gasteiger partial charge in [0, 0.05) is 32.4 Å². The zero-order valence-electron chi connectivity index (χ0n) is 12.8. The molecule has 0 aromatic carbocycles. The van der Waals surface area contributed by atoms with Gasteiger partial charge in [-0.25, -0.2) is 0 Å². The van der Waals surface area contributed by atoms with E-state index in [1.165, 1.54) is 13.5 Å². The molecule has 0 spiro atoms. The fourth-order valence-corrected chi connectivity index (χ4v) is 2.76. The van der Waals surface area contributed by atoms with Crippen LogP contribution in [0.1, 0.15) is 42.2 Å². The van der Waals surface area contributed by atoms with Gasteiger partial charge >= 0.3 is 6.18 Å². The zero-order valence-corrected chi connectivity index (χ0v) is 12.8.